The Hall–Kier alpha value is 2.20. The molecular weight excluding hydrogens is 200 g/mol. The molecule has 0 rings (SSSR count). The van der Waals surface area contributed by atoms with Crippen molar-refractivity contribution in [1.82, 2.24) is 0 Å². The molecular formula is H2BaF2Mg+4. The zero-order chi connectivity index (χ0) is 0. The second-order valence-corrected chi connectivity index (χ2v) is 0. The predicted octanol–water partition coefficient (Wildman–Crippen LogP) is -0.457. The van der Waals surface area contributed by atoms with Gasteiger partial charge in [-0.3, -0.25) is 9.41 Å². The van der Waals surface area contributed by atoms with Gasteiger partial charge in [-0.15, -0.1) is 0 Å². The summed E-state index contributed by atoms with van der Waals surface area (Å²) in [7, 11) is 0. The maximum atomic E-state index is 0. The van der Waals surface area contributed by atoms with E-state index >= 15 is 0 Å². The average Bonchev–Trinajstić information content (AvgIpc) is 0. The fraction of sp³-hybridized carbons (Fsp3) is 0. The van der Waals surface area contributed by atoms with Crippen LogP contribution in [0.1, 0.15) is 0 Å². The SMILES string of the molecule is F.F.[Ba+2].[Mg+2]. The minimum Gasteiger partial charge on any atom is -0.269 e. The zero-order valence-electron chi connectivity index (χ0n) is 2.23. The topological polar surface area (TPSA) is 0 Å². The van der Waals surface area contributed by atoms with Crippen molar-refractivity contribution in [3.8, 4) is 0 Å². The van der Waals surface area contributed by atoms with Crippen LogP contribution in [0.2, 0.25) is 0 Å². The molecule has 0 aliphatic heterocycles. The molecule has 4 heavy (non-hydrogen) atoms. The molecule has 0 nitrogen and oxygen atoms in total. The summed E-state index contributed by atoms with van der Waals surface area (Å²) < 4.78 is 0. The Balaban J connectivity index is 0. The molecule has 0 aliphatic carbocycles. The summed E-state index contributed by atoms with van der Waals surface area (Å²) in [6.45, 7) is 0. The van der Waals surface area contributed by atoms with E-state index in [1.807, 2.05) is 0 Å². The molecule has 0 aliphatic rings. The molecule has 0 fully saturated rings. The van der Waals surface area contributed by atoms with E-state index in [2.05, 4.69) is 0 Å². The van der Waals surface area contributed by atoms with E-state index in [1.165, 1.54) is 0 Å². The third-order valence-electron chi connectivity index (χ3n) is 0. The Morgan fingerprint density at radius 3 is 0.750 bits per heavy atom. The monoisotopic (exact) mass is 202 g/mol. The Morgan fingerprint density at radius 1 is 0.750 bits per heavy atom. The fourth-order valence-corrected chi connectivity index (χ4v) is 0. The van der Waals surface area contributed by atoms with Crippen LogP contribution in [-0.2, 0) is 0 Å². The van der Waals surface area contributed by atoms with E-state index in [-0.39, 0.29) is 81.3 Å². The van der Waals surface area contributed by atoms with Gasteiger partial charge in [-0.05, 0) is 0 Å². The fourth-order valence-electron chi connectivity index (χ4n) is 0. The van der Waals surface area contributed by atoms with Crippen LogP contribution in [0.3, 0.4) is 0 Å². The third-order valence-corrected chi connectivity index (χ3v) is 0. The van der Waals surface area contributed by atoms with Crippen LogP contribution in [0.4, 0.5) is 9.41 Å². The van der Waals surface area contributed by atoms with Crippen molar-refractivity contribution >= 4 is 71.9 Å². The van der Waals surface area contributed by atoms with Gasteiger partial charge in [-0.1, -0.05) is 0 Å². The third kappa shape index (κ3) is 8.89. The molecule has 0 spiro atoms. The smallest absolute Gasteiger partial charge is 0.269 e. The summed E-state index contributed by atoms with van der Waals surface area (Å²) in [6, 6.07) is 0. The van der Waals surface area contributed by atoms with Gasteiger partial charge in [-0.2, -0.15) is 0 Å². The zero-order valence-corrected chi connectivity index (χ0v) is 8.09. The minimum atomic E-state index is 0. The van der Waals surface area contributed by atoms with Gasteiger partial charge in [-0.25, -0.2) is 0 Å². The van der Waals surface area contributed by atoms with E-state index in [9.17, 15) is 0 Å². The van der Waals surface area contributed by atoms with Gasteiger partial charge in [0.2, 0.25) is 0 Å². The Bertz CT molecular complexity index is 6.00. The van der Waals surface area contributed by atoms with E-state index in [0.29, 0.717) is 0 Å². The molecule has 0 unspecified atom stereocenters. The van der Waals surface area contributed by atoms with E-state index < -0.39 is 0 Å². The first-order valence-electron chi connectivity index (χ1n) is 0. The van der Waals surface area contributed by atoms with Gasteiger partial charge in [0.05, 0.1) is 0 Å². The first-order valence-corrected chi connectivity index (χ1v) is 0. The molecule has 0 saturated carbocycles. The van der Waals surface area contributed by atoms with Crippen molar-refractivity contribution in [2.75, 3.05) is 0 Å². The maximum Gasteiger partial charge on any atom is 2.00 e. The molecule has 0 atom stereocenters. The summed E-state index contributed by atoms with van der Waals surface area (Å²) in [5, 5.41) is 0. The Kier molecular flexibility index (Phi) is 164. The first kappa shape index (κ1) is 34.7. The van der Waals surface area contributed by atoms with Crippen molar-refractivity contribution in [2.45, 2.75) is 0 Å². The van der Waals surface area contributed by atoms with Gasteiger partial charge in [0.25, 0.3) is 0 Å². The molecule has 0 aromatic carbocycles. The van der Waals surface area contributed by atoms with Crippen LogP contribution in [-0.4, -0.2) is 71.9 Å². The van der Waals surface area contributed by atoms with E-state index in [0.717, 1.165) is 0 Å². The van der Waals surface area contributed by atoms with Crippen molar-refractivity contribution in [1.29, 1.82) is 0 Å². The summed E-state index contributed by atoms with van der Waals surface area (Å²) in [5.74, 6) is 0. The van der Waals surface area contributed by atoms with Gasteiger partial charge >= 0.3 is 71.9 Å². The second kappa shape index (κ2) is 19.0. The van der Waals surface area contributed by atoms with Crippen LogP contribution in [0.5, 0.6) is 0 Å². The molecule has 16 valence electrons. The first-order chi connectivity index (χ1) is 0. The summed E-state index contributed by atoms with van der Waals surface area (Å²) >= 11 is 0. The van der Waals surface area contributed by atoms with Crippen molar-refractivity contribution < 1.29 is 9.41 Å². The van der Waals surface area contributed by atoms with Crippen LogP contribution in [0.15, 0.2) is 0 Å². The Morgan fingerprint density at radius 2 is 0.750 bits per heavy atom. The molecule has 0 N–H and O–H groups in total. The van der Waals surface area contributed by atoms with Crippen molar-refractivity contribution in [3.63, 3.8) is 0 Å². The molecule has 0 saturated heterocycles. The standard InChI is InChI=1S/Ba.2FH.Mg/h;2*1H;/q+2;;;+2. The number of hydrogen-bond acceptors (Lipinski definition) is 0. The summed E-state index contributed by atoms with van der Waals surface area (Å²) in [4.78, 5) is 0. The predicted molar refractivity (Wildman–Crippen MR) is 16.5 cm³/mol. The van der Waals surface area contributed by atoms with Crippen LogP contribution in [0.25, 0.3) is 0 Å². The van der Waals surface area contributed by atoms with Crippen molar-refractivity contribution in [2.24, 2.45) is 0 Å². The summed E-state index contributed by atoms with van der Waals surface area (Å²) in [5.41, 5.74) is 0. The van der Waals surface area contributed by atoms with Crippen molar-refractivity contribution in [3.05, 3.63) is 0 Å². The molecule has 0 bridgehead atoms. The molecule has 0 heterocycles. The molecule has 0 aromatic heterocycles. The van der Waals surface area contributed by atoms with Gasteiger partial charge in [0, 0.05) is 0 Å². The van der Waals surface area contributed by atoms with Crippen LogP contribution < -0.4 is 0 Å². The molecule has 4 heteroatoms. The van der Waals surface area contributed by atoms with Gasteiger partial charge < -0.3 is 0 Å². The molecule has 0 amide bonds. The van der Waals surface area contributed by atoms with Gasteiger partial charge in [0.15, 0.2) is 0 Å². The van der Waals surface area contributed by atoms with E-state index in [4.69, 9.17) is 0 Å². The number of halogens is 2. The molecule has 0 radical (unpaired) electrons. The van der Waals surface area contributed by atoms with Crippen LogP contribution in [0, 0.1) is 0 Å². The number of rotatable bonds is 0. The summed E-state index contributed by atoms with van der Waals surface area (Å²) in [6.07, 6.45) is 0. The van der Waals surface area contributed by atoms with E-state index in [1.54, 1.807) is 0 Å². The largest absolute Gasteiger partial charge is 2.00 e. The normalized spacial score (nSPS) is 0. The number of hydrogen-bond donors (Lipinski definition) is 0. The Labute approximate surface area is 79.7 Å². The van der Waals surface area contributed by atoms with Crippen LogP contribution >= 0.6 is 0 Å². The maximum absolute atomic E-state index is 0. The minimum absolute atomic E-state index is 0. The average molecular weight is 202 g/mol. The second-order valence-electron chi connectivity index (χ2n) is 0. The molecule has 0 aromatic rings. The quantitative estimate of drug-likeness (QED) is 0.466. The van der Waals surface area contributed by atoms with Gasteiger partial charge in [0.1, 0.15) is 0 Å².